The predicted octanol–water partition coefficient (Wildman–Crippen LogP) is 4.63. The molecule has 1 amide bonds. The number of carbonyl (C=O) groups is 1. The van der Waals surface area contributed by atoms with Gasteiger partial charge in [0.1, 0.15) is 23.8 Å². The third kappa shape index (κ3) is 5.42. The molecule has 2 aromatic carbocycles. The van der Waals surface area contributed by atoms with Gasteiger partial charge in [-0.1, -0.05) is 24.3 Å². The minimum atomic E-state index is -0.152. The number of hydrogen-bond acceptors (Lipinski definition) is 4. The molecule has 0 atom stereocenters. The van der Waals surface area contributed by atoms with Crippen molar-refractivity contribution in [3.05, 3.63) is 95.9 Å². The van der Waals surface area contributed by atoms with Crippen molar-refractivity contribution in [3.63, 3.8) is 0 Å². The standard InChI is InChI=1S/C25H25N3O3/c1-18(2)31-22-11-9-19(10-12-22)15-26-25(29)20-6-5-7-23(14-20)30-17-21-16-28-13-4-3-8-24(28)27-21/h3-14,16,18H,15,17H2,1-2H3,(H,26,29). The average molecular weight is 415 g/mol. The monoisotopic (exact) mass is 415 g/mol. The molecular weight excluding hydrogens is 390 g/mol. The Morgan fingerprint density at radius 2 is 1.87 bits per heavy atom. The highest BCUT2D eigenvalue weighted by atomic mass is 16.5. The Labute approximate surface area is 181 Å². The minimum absolute atomic E-state index is 0.132. The fourth-order valence-electron chi connectivity index (χ4n) is 3.18. The van der Waals surface area contributed by atoms with Crippen LogP contribution in [0.25, 0.3) is 5.65 Å². The molecule has 6 nitrogen and oxygen atoms in total. The largest absolute Gasteiger partial charge is 0.491 e. The maximum Gasteiger partial charge on any atom is 0.251 e. The number of aromatic nitrogens is 2. The maximum absolute atomic E-state index is 12.6. The first-order chi connectivity index (χ1) is 15.1. The van der Waals surface area contributed by atoms with E-state index in [1.54, 1.807) is 12.1 Å². The minimum Gasteiger partial charge on any atom is -0.491 e. The summed E-state index contributed by atoms with van der Waals surface area (Å²) < 4.78 is 13.4. The molecule has 6 heteroatoms. The molecule has 4 aromatic rings. The van der Waals surface area contributed by atoms with Crippen LogP contribution < -0.4 is 14.8 Å². The van der Waals surface area contributed by atoms with Crippen molar-refractivity contribution >= 4 is 11.6 Å². The van der Waals surface area contributed by atoms with E-state index in [2.05, 4.69) is 10.3 Å². The molecule has 0 bridgehead atoms. The fraction of sp³-hybridized carbons (Fsp3) is 0.200. The number of fused-ring (bicyclic) bond motifs is 1. The van der Waals surface area contributed by atoms with Crippen LogP contribution in [0.2, 0.25) is 0 Å². The number of pyridine rings is 1. The van der Waals surface area contributed by atoms with Crippen molar-refractivity contribution < 1.29 is 14.3 Å². The maximum atomic E-state index is 12.6. The Morgan fingerprint density at radius 3 is 2.65 bits per heavy atom. The second kappa shape index (κ2) is 9.34. The van der Waals surface area contributed by atoms with E-state index in [-0.39, 0.29) is 12.0 Å². The first-order valence-electron chi connectivity index (χ1n) is 10.3. The summed E-state index contributed by atoms with van der Waals surface area (Å²) in [5.41, 5.74) is 3.25. The van der Waals surface area contributed by atoms with Gasteiger partial charge in [-0.25, -0.2) is 4.98 Å². The SMILES string of the molecule is CC(C)Oc1ccc(CNC(=O)c2cccc(OCc3cn4ccccc4n3)c2)cc1. The van der Waals surface area contributed by atoms with Gasteiger partial charge < -0.3 is 19.2 Å². The number of amides is 1. The smallest absolute Gasteiger partial charge is 0.251 e. The van der Waals surface area contributed by atoms with Gasteiger partial charge in [-0.15, -0.1) is 0 Å². The second-order valence-corrected chi connectivity index (χ2v) is 7.51. The number of hydrogen-bond donors (Lipinski definition) is 1. The quantitative estimate of drug-likeness (QED) is 0.456. The summed E-state index contributed by atoms with van der Waals surface area (Å²) in [6.07, 6.45) is 4.01. The summed E-state index contributed by atoms with van der Waals surface area (Å²) in [5, 5.41) is 2.94. The van der Waals surface area contributed by atoms with Crippen LogP contribution in [0.3, 0.4) is 0 Å². The summed E-state index contributed by atoms with van der Waals surface area (Å²) in [7, 11) is 0. The van der Waals surface area contributed by atoms with Gasteiger partial charge in [-0.05, 0) is 61.9 Å². The third-order valence-corrected chi connectivity index (χ3v) is 4.65. The van der Waals surface area contributed by atoms with Crippen LogP contribution in [0.15, 0.2) is 79.1 Å². The Bertz CT molecular complexity index is 1130. The number of imidazole rings is 1. The van der Waals surface area contributed by atoms with Gasteiger partial charge in [0.25, 0.3) is 5.91 Å². The summed E-state index contributed by atoms with van der Waals surface area (Å²) in [5.74, 6) is 1.29. The lowest BCUT2D eigenvalue weighted by molar-refractivity contribution is 0.0950. The van der Waals surface area contributed by atoms with E-state index in [0.29, 0.717) is 24.5 Å². The van der Waals surface area contributed by atoms with Gasteiger partial charge in [-0.2, -0.15) is 0 Å². The Hall–Kier alpha value is -3.80. The molecular formula is C25H25N3O3. The number of nitrogens with zero attached hydrogens (tertiary/aromatic N) is 2. The number of benzene rings is 2. The van der Waals surface area contributed by atoms with Crippen molar-refractivity contribution in [2.75, 3.05) is 0 Å². The van der Waals surface area contributed by atoms with E-state index in [4.69, 9.17) is 9.47 Å². The van der Waals surface area contributed by atoms with Crippen LogP contribution in [-0.2, 0) is 13.2 Å². The van der Waals surface area contributed by atoms with Crippen LogP contribution in [0.5, 0.6) is 11.5 Å². The Morgan fingerprint density at radius 1 is 1.03 bits per heavy atom. The van der Waals surface area contributed by atoms with Crippen molar-refractivity contribution in [1.29, 1.82) is 0 Å². The lowest BCUT2D eigenvalue weighted by Crippen LogP contribution is -2.22. The van der Waals surface area contributed by atoms with Crippen LogP contribution >= 0.6 is 0 Å². The van der Waals surface area contributed by atoms with Gasteiger partial charge in [0, 0.05) is 24.5 Å². The second-order valence-electron chi connectivity index (χ2n) is 7.51. The van der Waals surface area contributed by atoms with Crippen LogP contribution in [-0.4, -0.2) is 21.4 Å². The molecule has 0 radical (unpaired) electrons. The summed E-state index contributed by atoms with van der Waals surface area (Å²) in [6.45, 7) is 4.75. The van der Waals surface area contributed by atoms with Gasteiger partial charge in [-0.3, -0.25) is 4.79 Å². The molecule has 31 heavy (non-hydrogen) atoms. The summed E-state index contributed by atoms with van der Waals surface area (Å²) >= 11 is 0. The van der Waals surface area contributed by atoms with E-state index in [1.807, 2.05) is 85.2 Å². The zero-order valence-electron chi connectivity index (χ0n) is 17.6. The molecule has 0 spiro atoms. The molecule has 4 rings (SSSR count). The van der Waals surface area contributed by atoms with Gasteiger partial charge in [0.2, 0.25) is 0 Å². The number of ether oxygens (including phenoxy) is 2. The molecule has 2 aromatic heterocycles. The molecule has 0 aliphatic rings. The third-order valence-electron chi connectivity index (χ3n) is 4.65. The number of carbonyl (C=O) groups excluding carboxylic acids is 1. The van der Waals surface area contributed by atoms with Crippen molar-refractivity contribution in [1.82, 2.24) is 14.7 Å². The van der Waals surface area contributed by atoms with Crippen molar-refractivity contribution in [3.8, 4) is 11.5 Å². The molecule has 0 aliphatic heterocycles. The topological polar surface area (TPSA) is 64.9 Å². The van der Waals surface area contributed by atoms with Crippen molar-refractivity contribution in [2.24, 2.45) is 0 Å². The molecule has 1 N–H and O–H groups in total. The lowest BCUT2D eigenvalue weighted by atomic mass is 10.2. The molecule has 0 saturated heterocycles. The predicted molar refractivity (Wildman–Crippen MR) is 119 cm³/mol. The van der Waals surface area contributed by atoms with Gasteiger partial charge >= 0.3 is 0 Å². The average Bonchev–Trinajstić information content (AvgIpc) is 3.20. The molecule has 0 fully saturated rings. The van der Waals surface area contributed by atoms with E-state index >= 15 is 0 Å². The van der Waals surface area contributed by atoms with Crippen LogP contribution in [0.1, 0.15) is 35.5 Å². The molecule has 158 valence electrons. The number of rotatable bonds is 8. The Balaban J connectivity index is 1.33. The van der Waals surface area contributed by atoms with Gasteiger partial charge in [0.05, 0.1) is 11.8 Å². The molecule has 2 heterocycles. The zero-order valence-corrected chi connectivity index (χ0v) is 17.6. The fourth-order valence-corrected chi connectivity index (χ4v) is 3.18. The Kier molecular flexibility index (Phi) is 6.17. The molecule has 0 unspecified atom stereocenters. The first kappa shape index (κ1) is 20.5. The first-order valence-corrected chi connectivity index (χ1v) is 10.3. The highest BCUT2D eigenvalue weighted by Gasteiger charge is 2.08. The van der Waals surface area contributed by atoms with Crippen LogP contribution in [0, 0.1) is 0 Å². The van der Waals surface area contributed by atoms with Crippen molar-refractivity contribution in [2.45, 2.75) is 33.1 Å². The van der Waals surface area contributed by atoms with Crippen LogP contribution in [0.4, 0.5) is 0 Å². The summed E-state index contributed by atoms with van der Waals surface area (Å²) in [4.78, 5) is 17.1. The highest BCUT2D eigenvalue weighted by Crippen LogP contribution is 2.17. The highest BCUT2D eigenvalue weighted by molar-refractivity contribution is 5.94. The zero-order chi connectivity index (χ0) is 21.6. The lowest BCUT2D eigenvalue weighted by Gasteiger charge is -2.11. The van der Waals surface area contributed by atoms with Gasteiger partial charge in [0.15, 0.2) is 0 Å². The van der Waals surface area contributed by atoms with E-state index in [9.17, 15) is 4.79 Å². The van der Waals surface area contributed by atoms with E-state index in [1.165, 1.54) is 0 Å². The molecule has 0 saturated carbocycles. The normalized spacial score (nSPS) is 10.9. The summed E-state index contributed by atoms with van der Waals surface area (Å²) in [6, 6.07) is 20.7. The van der Waals surface area contributed by atoms with E-state index in [0.717, 1.165) is 22.7 Å². The van der Waals surface area contributed by atoms with E-state index < -0.39 is 0 Å². The number of nitrogens with one attached hydrogen (secondary N) is 1. The molecule has 0 aliphatic carbocycles.